The van der Waals surface area contributed by atoms with E-state index in [0.29, 0.717) is 0 Å². The van der Waals surface area contributed by atoms with Gasteiger partial charge in [-0.05, 0) is 25.0 Å². The van der Waals surface area contributed by atoms with Crippen LogP contribution in [0.3, 0.4) is 0 Å². The van der Waals surface area contributed by atoms with Gasteiger partial charge in [-0.2, -0.15) is 0 Å². The normalized spacial score (nSPS) is 10.9. The van der Waals surface area contributed by atoms with Gasteiger partial charge in [0.15, 0.2) is 5.13 Å². The van der Waals surface area contributed by atoms with Gasteiger partial charge in [0.1, 0.15) is 0 Å². The van der Waals surface area contributed by atoms with Crippen LogP contribution < -0.4 is 5.32 Å². The molecule has 0 atom stereocenters. The minimum atomic E-state index is 1.00. The van der Waals surface area contributed by atoms with E-state index in [9.17, 15) is 0 Å². The number of nitrogens with one attached hydrogen (secondary N) is 1. The van der Waals surface area contributed by atoms with E-state index in [-0.39, 0.29) is 0 Å². The van der Waals surface area contributed by atoms with E-state index in [4.69, 9.17) is 0 Å². The van der Waals surface area contributed by atoms with Crippen molar-refractivity contribution in [2.75, 3.05) is 5.32 Å². The van der Waals surface area contributed by atoms with E-state index >= 15 is 0 Å². The molecule has 0 fully saturated rings. The van der Waals surface area contributed by atoms with Gasteiger partial charge < -0.3 is 5.32 Å². The molecule has 2 rings (SSSR count). The van der Waals surface area contributed by atoms with Gasteiger partial charge in [0.25, 0.3) is 0 Å². The van der Waals surface area contributed by atoms with Gasteiger partial charge >= 0.3 is 0 Å². The topological polar surface area (TPSA) is 24.9 Å². The molecule has 1 heterocycles. The SMILES string of the molecule is CCCCCCCCCCCCc1csc(Nc2ccccc2)n1. The van der Waals surface area contributed by atoms with Crippen LogP contribution in [-0.4, -0.2) is 4.98 Å². The predicted molar refractivity (Wildman–Crippen MR) is 107 cm³/mol. The van der Waals surface area contributed by atoms with Gasteiger partial charge in [-0.15, -0.1) is 11.3 Å². The Morgan fingerprint density at radius 2 is 1.46 bits per heavy atom. The molecule has 1 aromatic carbocycles. The Bertz CT molecular complexity index is 536. The average molecular weight is 345 g/mol. The molecule has 0 saturated heterocycles. The molecule has 0 aliphatic carbocycles. The molecule has 24 heavy (non-hydrogen) atoms. The van der Waals surface area contributed by atoms with Gasteiger partial charge in [0.05, 0.1) is 5.69 Å². The van der Waals surface area contributed by atoms with Crippen LogP contribution >= 0.6 is 11.3 Å². The van der Waals surface area contributed by atoms with Crippen molar-refractivity contribution in [1.29, 1.82) is 0 Å². The van der Waals surface area contributed by atoms with Crippen LogP contribution in [0.5, 0.6) is 0 Å². The molecule has 0 aliphatic rings. The third-order valence-corrected chi connectivity index (χ3v) is 5.17. The van der Waals surface area contributed by atoms with Crippen molar-refractivity contribution in [3.05, 3.63) is 41.4 Å². The first-order valence-corrected chi connectivity index (χ1v) is 10.5. The summed E-state index contributed by atoms with van der Waals surface area (Å²) in [6, 6.07) is 10.3. The molecule has 0 amide bonds. The molecular formula is C21H32N2S. The smallest absolute Gasteiger partial charge is 0.187 e. The Morgan fingerprint density at radius 1 is 0.833 bits per heavy atom. The number of aryl methyl sites for hydroxylation is 1. The van der Waals surface area contributed by atoms with E-state index in [0.717, 1.165) is 17.2 Å². The molecule has 0 spiro atoms. The number of unbranched alkanes of at least 4 members (excludes halogenated alkanes) is 9. The van der Waals surface area contributed by atoms with E-state index in [1.807, 2.05) is 18.2 Å². The quantitative estimate of drug-likeness (QED) is 0.384. The molecule has 132 valence electrons. The molecule has 0 unspecified atom stereocenters. The summed E-state index contributed by atoms with van der Waals surface area (Å²) in [5.41, 5.74) is 2.34. The Balaban J connectivity index is 1.51. The van der Waals surface area contributed by atoms with E-state index < -0.39 is 0 Å². The highest BCUT2D eigenvalue weighted by Gasteiger charge is 2.02. The highest BCUT2D eigenvalue weighted by Crippen LogP contribution is 2.21. The van der Waals surface area contributed by atoms with Gasteiger partial charge in [-0.25, -0.2) is 4.98 Å². The molecule has 1 aromatic heterocycles. The van der Waals surface area contributed by atoms with Crippen LogP contribution in [0.1, 0.15) is 76.8 Å². The average Bonchev–Trinajstić information content (AvgIpc) is 3.05. The molecule has 0 bridgehead atoms. The van der Waals surface area contributed by atoms with Crippen molar-refractivity contribution in [1.82, 2.24) is 4.98 Å². The molecule has 0 aliphatic heterocycles. The van der Waals surface area contributed by atoms with Gasteiger partial charge in [0.2, 0.25) is 0 Å². The summed E-state index contributed by atoms with van der Waals surface area (Å²) in [7, 11) is 0. The number of rotatable bonds is 13. The zero-order chi connectivity index (χ0) is 16.9. The standard InChI is InChI=1S/C21H32N2S/c1-2-3-4-5-6-7-8-9-10-12-17-20-18-24-21(23-20)22-19-15-13-11-14-16-19/h11,13-16,18H,2-10,12,17H2,1H3,(H,22,23). The lowest BCUT2D eigenvalue weighted by Crippen LogP contribution is -1.91. The third kappa shape index (κ3) is 7.96. The first-order chi connectivity index (χ1) is 11.9. The molecule has 0 saturated carbocycles. The zero-order valence-corrected chi connectivity index (χ0v) is 15.9. The molecule has 2 aromatic rings. The zero-order valence-electron chi connectivity index (χ0n) is 15.1. The van der Waals surface area contributed by atoms with Crippen molar-refractivity contribution in [2.45, 2.75) is 77.6 Å². The van der Waals surface area contributed by atoms with Crippen LogP contribution in [0.15, 0.2) is 35.7 Å². The van der Waals surface area contributed by atoms with Crippen LogP contribution in [-0.2, 0) is 6.42 Å². The van der Waals surface area contributed by atoms with Crippen molar-refractivity contribution in [2.24, 2.45) is 0 Å². The van der Waals surface area contributed by atoms with Crippen molar-refractivity contribution in [3.8, 4) is 0 Å². The summed E-state index contributed by atoms with van der Waals surface area (Å²) < 4.78 is 0. The van der Waals surface area contributed by atoms with E-state index in [2.05, 4.69) is 34.7 Å². The summed E-state index contributed by atoms with van der Waals surface area (Å²) in [6.45, 7) is 2.28. The second kappa shape index (κ2) is 12.1. The molecule has 0 radical (unpaired) electrons. The summed E-state index contributed by atoms with van der Waals surface area (Å²) in [5, 5.41) is 6.57. The number of para-hydroxylation sites is 1. The molecule has 1 N–H and O–H groups in total. The predicted octanol–water partition coefficient (Wildman–Crippen LogP) is 7.35. The highest BCUT2D eigenvalue weighted by atomic mass is 32.1. The third-order valence-electron chi connectivity index (χ3n) is 4.36. The van der Waals surface area contributed by atoms with E-state index in [1.165, 1.54) is 69.9 Å². The maximum Gasteiger partial charge on any atom is 0.187 e. The highest BCUT2D eigenvalue weighted by molar-refractivity contribution is 7.13. The number of hydrogen-bond donors (Lipinski definition) is 1. The minimum absolute atomic E-state index is 1.00. The van der Waals surface area contributed by atoms with Gasteiger partial charge in [-0.3, -0.25) is 0 Å². The fraction of sp³-hybridized carbons (Fsp3) is 0.571. The lowest BCUT2D eigenvalue weighted by molar-refractivity contribution is 0.555. The maximum absolute atomic E-state index is 4.69. The summed E-state index contributed by atoms with van der Waals surface area (Å²) in [6.07, 6.45) is 15.0. The van der Waals surface area contributed by atoms with Crippen LogP contribution in [0.4, 0.5) is 10.8 Å². The summed E-state index contributed by atoms with van der Waals surface area (Å²) in [5.74, 6) is 0. The molecular weight excluding hydrogens is 312 g/mol. The van der Waals surface area contributed by atoms with Crippen molar-refractivity contribution in [3.63, 3.8) is 0 Å². The number of nitrogens with zero attached hydrogens (tertiary/aromatic N) is 1. The number of aromatic nitrogens is 1. The lowest BCUT2D eigenvalue weighted by atomic mass is 10.1. The Hall–Kier alpha value is -1.35. The van der Waals surface area contributed by atoms with Crippen molar-refractivity contribution >= 4 is 22.2 Å². The maximum atomic E-state index is 4.69. The Kier molecular flexibility index (Phi) is 9.55. The lowest BCUT2D eigenvalue weighted by Gasteiger charge is -2.02. The van der Waals surface area contributed by atoms with Crippen LogP contribution in [0.2, 0.25) is 0 Å². The molecule has 2 nitrogen and oxygen atoms in total. The number of hydrogen-bond acceptors (Lipinski definition) is 3. The Labute approximate surface area is 151 Å². The number of anilines is 2. The van der Waals surface area contributed by atoms with Crippen molar-refractivity contribution < 1.29 is 0 Å². The van der Waals surface area contributed by atoms with Gasteiger partial charge in [-0.1, -0.05) is 82.9 Å². The van der Waals surface area contributed by atoms with Crippen LogP contribution in [0, 0.1) is 0 Å². The van der Waals surface area contributed by atoms with Gasteiger partial charge in [0, 0.05) is 11.1 Å². The second-order valence-electron chi connectivity index (χ2n) is 6.57. The van der Waals surface area contributed by atoms with E-state index in [1.54, 1.807) is 11.3 Å². The summed E-state index contributed by atoms with van der Waals surface area (Å²) >= 11 is 1.70. The molecule has 3 heteroatoms. The second-order valence-corrected chi connectivity index (χ2v) is 7.43. The monoisotopic (exact) mass is 344 g/mol. The first kappa shape index (κ1) is 19.0. The van der Waals surface area contributed by atoms with Crippen LogP contribution in [0.25, 0.3) is 0 Å². The number of benzene rings is 1. The first-order valence-electron chi connectivity index (χ1n) is 9.65. The fourth-order valence-electron chi connectivity index (χ4n) is 2.92. The summed E-state index contributed by atoms with van der Waals surface area (Å²) in [4.78, 5) is 4.69. The minimum Gasteiger partial charge on any atom is -0.332 e. The largest absolute Gasteiger partial charge is 0.332 e. The number of thiazole rings is 1. The fourth-order valence-corrected chi connectivity index (χ4v) is 3.68. The Morgan fingerprint density at radius 3 is 2.12 bits per heavy atom.